The van der Waals surface area contributed by atoms with Crippen LogP contribution in [-0.2, 0) is 19.5 Å². The third-order valence-electron chi connectivity index (χ3n) is 3.44. The quantitative estimate of drug-likeness (QED) is 0.872. The number of aromatic nitrogens is 4. The summed E-state index contributed by atoms with van der Waals surface area (Å²) in [6.07, 6.45) is 2.95. The van der Waals surface area contributed by atoms with E-state index in [-0.39, 0.29) is 0 Å². The third kappa shape index (κ3) is 2.82. The fourth-order valence-corrected chi connectivity index (χ4v) is 2.90. The molecule has 0 radical (unpaired) electrons. The molecule has 2 aromatic rings. The van der Waals surface area contributed by atoms with Gasteiger partial charge in [0.2, 0.25) is 0 Å². The lowest BCUT2D eigenvalue weighted by molar-refractivity contribution is 0.237. The standard InChI is InChI=1S/C13H16ClN5S/c1-8(2)13-15-5-9-3-4-19(6-10(9)16-13)7-11-12(14)20-18-17-11/h5,8H,3-4,6-7H2,1-2H3. The average Bonchev–Trinajstić information content (AvgIpc) is 2.83. The van der Waals surface area contributed by atoms with E-state index >= 15 is 0 Å². The summed E-state index contributed by atoms with van der Waals surface area (Å²) < 4.78 is 4.56. The summed E-state index contributed by atoms with van der Waals surface area (Å²) in [6, 6.07) is 0. The lowest BCUT2D eigenvalue weighted by Gasteiger charge is -2.27. The molecule has 0 spiro atoms. The molecule has 0 atom stereocenters. The molecule has 5 nitrogen and oxygen atoms in total. The first-order valence-corrected chi connectivity index (χ1v) is 7.82. The van der Waals surface area contributed by atoms with Crippen molar-refractivity contribution in [2.45, 2.75) is 39.3 Å². The highest BCUT2D eigenvalue weighted by Gasteiger charge is 2.21. The van der Waals surface area contributed by atoms with Crippen LogP contribution in [0.4, 0.5) is 0 Å². The van der Waals surface area contributed by atoms with E-state index < -0.39 is 0 Å². The van der Waals surface area contributed by atoms with E-state index in [0.717, 1.165) is 43.3 Å². The smallest absolute Gasteiger partial charge is 0.138 e. The van der Waals surface area contributed by atoms with E-state index in [1.54, 1.807) is 0 Å². The molecule has 0 unspecified atom stereocenters. The summed E-state index contributed by atoms with van der Waals surface area (Å²) in [7, 11) is 0. The average molecular weight is 310 g/mol. The van der Waals surface area contributed by atoms with Crippen LogP contribution in [0, 0.1) is 0 Å². The van der Waals surface area contributed by atoms with Gasteiger partial charge in [-0.25, -0.2) is 9.97 Å². The van der Waals surface area contributed by atoms with E-state index in [1.165, 1.54) is 17.1 Å². The molecule has 1 aliphatic heterocycles. The van der Waals surface area contributed by atoms with Crippen molar-refractivity contribution in [2.24, 2.45) is 0 Å². The summed E-state index contributed by atoms with van der Waals surface area (Å²) in [5, 5.41) is 4.07. The van der Waals surface area contributed by atoms with Gasteiger partial charge in [0, 0.05) is 43.3 Å². The van der Waals surface area contributed by atoms with Crippen LogP contribution in [0.5, 0.6) is 0 Å². The minimum absolute atomic E-state index is 0.355. The first kappa shape index (κ1) is 13.9. The molecule has 3 heterocycles. The van der Waals surface area contributed by atoms with Crippen molar-refractivity contribution in [3.05, 3.63) is 33.3 Å². The van der Waals surface area contributed by atoms with Gasteiger partial charge in [0.05, 0.1) is 5.69 Å². The van der Waals surface area contributed by atoms with Crippen LogP contribution >= 0.6 is 23.1 Å². The first-order chi connectivity index (χ1) is 9.63. The van der Waals surface area contributed by atoms with Crippen molar-refractivity contribution >= 4 is 23.1 Å². The van der Waals surface area contributed by atoms with Crippen LogP contribution in [0.15, 0.2) is 6.20 Å². The molecule has 0 bridgehead atoms. The van der Waals surface area contributed by atoms with Gasteiger partial charge >= 0.3 is 0 Å². The first-order valence-electron chi connectivity index (χ1n) is 6.67. The van der Waals surface area contributed by atoms with Crippen LogP contribution in [0.2, 0.25) is 4.34 Å². The van der Waals surface area contributed by atoms with Crippen molar-refractivity contribution in [3.63, 3.8) is 0 Å². The fourth-order valence-electron chi connectivity index (χ4n) is 2.29. The highest BCUT2D eigenvalue weighted by atomic mass is 35.5. The summed E-state index contributed by atoms with van der Waals surface area (Å²) in [6.45, 7) is 6.76. The molecule has 0 amide bonds. The highest BCUT2D eigenvalue weighted by Crippen LogP contribution is 2.23. The summed E-state index contributed by atoms with van der Waals surface area (Å²) >= 11 is 7.30. The summed E-state index contributed by atoms with van der Waals surface area (Å²) in [5.41, 5.74) is 3.25. The van der Waals surface area contributed by atoms with Crippen molar-refractivity contribution < 1.29 is 0 Å². The Bertz CT molecular complexity index is 613. The van der Waals surface area contributed by atoms with Gasteiger partial charge in [-0.15, -0.1) is 5.10 Å². The zero-order valence-corrected chi connectivity index (χ0v) is 13.1. The Balaban J connectivity index is 1.77. The predicted molar refractivity (Wildman–Crippen MR) is 78.9 cm³/mol. The van der Waals surface area contributed by atoms with E-state index in [0.29, 0.717) is 10.3 Å². The van der Waals surface area contributed by atoms with Crippen molar-refractivity contribution in [1.29, 1.82) is 0 Å². The maximum atomic E-state index is 6.07. The van der Waals surface area contributed by atoms with Gasteiger partial charge in [-0.3, -0.25) is 4.90 Å². The molecule has 0 saturated heterocycles. The number of nitrogens with zero attached hydrogens (tertiary/aromatic N) is 5. The Hall–Kier alpha value is -1.11. The molecule has 20 heavy (non-hydrogen) atoms. The van der Waals surface area contributed by atoms with E-state index in [9.17, 15) is 0 Å². The second-order valence-electron chi connectivity index (χ2n) is 5.31. The fraction of sp³-hybridized carbons (Fsp3) is 0.538. The Kier molecular flexibility index (Phi) is 3.96. The Labute approximate surface area is 127 Å². The normalized spacial score (nSPS) is 15.6. The Morgan fingerprint density at radius 3 is 3.00 bits per heavy atom. The summed E-state index contributed by atoms with van der Waals surface area (Å²) in [5.74, 6) is 1.27. The van der Waals surface area contributed by atoms with E-state index in [4.69, 9.17) is 16.6 Å². The number of halogens is 1. The largest absolute Gasteiger partial charge is 0.291 e. The number of fused-ring (bicyclic) bond motifs is 1. The second kappa shape index (κ2) is 5.71. The maximum Gasteiger partial charge on any atom is 0.138 e. The Morgan fingerprint density at radius 2 is 2.30 bits per heavy atom. The van der Waals surface area contributed by atoms with Gasteiger partial charge in [-0.1, -0.05) is 29.9 Å². The van der Waals surface area contributed by atoms with E-state index in [2.05, 4.69) is 33.3 Å². The minimum atomic E-state index is 0.355. The molecule has 3 rings (SSSR count). The highest BCUT2D eigenvalue weighted by molar-refractivity contribution is 7.10. The molecule has 0 aromatic carbocycles. The van der Waals surface area contributed by atoms with Crippen molar-refractivity contribution in [1.82, 2.24) is 24.5 Å². The zero-order chi connectivity index (χ0) is 14.1. The minimum Gasteiger partial charge on any atom is -0.291 e. The molecular weight excluding hydrogens is 294 g/mol. The molecule has 106 valence electrons. The van der Waals surface area contributed by atoms with Gasteiger partial charge in [-0.05, 0) is 12.0 Å². The molecule has 7 heteroatoms. The van der Waals surface area contributed by atoms with Crippen LogP contribution < -0.4 is 0 Å². The predicted octanol–water partition coefficient (Wildman–Crippen LogP) is 2.66. The van der Waals surface area contributed by atoms with Crippen LogP contribution in [0.3, 0.4) is 0 Å². The molecule has 0 saturated carbocycles. The van der Waals surface area contributed by atoms with Crippen molar-refractivity contribution in [3.8, 4) is 0 Å². The number of hydrogen-bond donors (Lipinski definition) is 0. The molecule has 0 aliphatic carbocycles. The lowest BCUT2D eigenvalue weighted by Crippen LogP contribution is -2.31. The maximum absolute atomic E-state index is 6.07. The molecule has 2 aromatic heterocycles. The van der Waals surface area contributed by atoms with Crippen LogP contribution in [-0.4, -0.2) is 31.0 Å². The van der Waals surface area contributed by atoms with E-state index in [1.807, 2.05) is 6.20 Å². The van der Waals surface area contributed by atoms with Gasteiger partial charge in [-0.2, -0.15) is 0 Å². The lowest BCUT2D eigenvalue weighted by atomic mass is 10.1. The number of hydrogen-bond acceptors (Lipinski definition) is 6. The zero-order valence-electron chi connectivity index (χ0n) is 11.5. The molecule has 0 fully saturated rings. The van der Waals surface area contributed by atoms with Crippen LogP contribution in [0.25, 0.3) is 0 Å². The van der Waals surface area contributed by atoms with Gasteiger partial charge in [0.25, 0.3) is 0 Å². The molecular formula is C13H16ClN5S. The SMILES string of the molecule is CC(C)c1ncc2c(n1)CN(Cc1nnsc1Cl)CC2. The number of rotatable bonds is 3. The van der Waals surface area contributed by atoms with Crippen LogP contribution in [0.1, 0.15) is 42.5 Å². The van der Waals surface area contributed by atoms with Crippen molar-refractivity contribution in [2.75, 3.05) is 6.54 Å². The second-order valence-corrected chi connectivity index (χ2v) is 6.67. The molecule has 0 N–H and O–H groups in total. The summed E-state index contributed by atoms with van der Waals surface area (Å²) in [4.78, 5) is 11.4. The third-order valence-corrected chi connectivity index (χ3v) is 4.43. The molecule has 1 aliphatic rings. The monoisotopic (exact) mass is 309 g/mol. The Morgan fingerprint density at radius 1 is 1.45 bits per heavy atom. The van der Waals surface area contributed by atoms with Gasteiger partial charge < -0.3 is 0 Å². The van der Waals surface area contributed by atoms with Gasteiger partial charge in [0.15, 0.2) is 0 Å². The van der Waals surface area contributed by atoms with Gasteiger partial charge in [0.1, 0.15) is 15.9 Å². The topological polar surface area (TPSA) is 54.8 Å².